The van der Waals surface area contributed by atoms with E-state index in [0.29, 0.717) is 5.82 Å². The van der Waals surface area contributed by atoms with Crippen LogP contribution < -0.4 is 5.73 Å². The SMILES string of the molecule is Cl.Nc1noc2ccccc12. The molecule has 0 radical (unpaired) electrons. The van der Waals surface area contributed by atoms with Gasteiger partial charge in [-0.15, -0.1) is 12.4 Å². The number of fused-ring (bicyclic) bond motifs is 1. The monoisotopic (exact) mass is 170 g/mol. The van der Waals surface area contributed by atoms with E-state index in [4.69, 9.17) is 10.3 Å². The summed E-state index contributed by atoms with van der Waals surface area (Å²) in [5.74, 6) is 0.454. The minimum atomic E-state index is 0. The van der Waals surface area contributed by atoms with Crippen molar-refractivity contribution < 1.29 is 4.52 Å². The third-order valence-corrected chi connectivity index (χ3v) is 1.41. The maximum Gasteiger partial charge on any atom is 0.174 e. The summed E-state index contributed by atoms with van der Waals surface area (Å²) in [6.07, 6.45) is 0. The van der Waals surface area contributed by atoms with Gasteiger partial charge in [-0.1, -0.05) is 17.3 Å². The summed E-state index contributed by atoms with van der Waals surface area (Å²) in [6.45, 7) is 0. The second kappa shape index (κ2) is 2.80. The van der Waals surface area contributed by atoms with E-state index in [1.807, 2.05) is 24.3 Å². The number of aromatic nitrogens is 1. The van der Waals surface area contributed by atoms with E-state index in [0.717, 1.165) is 11.0 Å². The number of rotatable bonds is 0. The Hall–Kier alpha value is -1.22. The first-order valence-corrected chi connectivity index (χ1v) is 2.98. The van der Waals surface area contributed by atoms with Crippen molar-refractivity contribution in [2.45, 2.75) is 0 Å². The Morgan fingerprint density at radius 1 is 1.27 bits per heavy atom. The lowest BCUT2D eigenvalue weighted by molar-refractivity contribution is 0.460. The predicted octanol–water partition coefficient (Wildman–Crippen LogP) is 1.83. The van der Waals surface area contributed by atoms with Crippen LogP contribution in [0.4, 0.5) is 5.82 Å². The van der Waals surface area contributed by atoms with Crippen molar-refractivity contribution in [2.24, 2.45) is 0 Å². The van der Waals surface area contributed by atoms with E-state index < -0.39 is 0 Å². The quantitative estimate of drug-likeness (QED) is 0.656. The molecule has 2 aromatic rings. The molecule has 0 aliphatic carbocycles. The summed E-state index contributed by atoms with van der Waals surface area (Å²) < 4.78 is 4.87. The number of anilines is 1. The van der Waals surface area contributed by atoms with Crippen molar-refractivity contribution in [3.05, 3.63) is 24.3 Å². The molecule has 0 fully saturated rings. The van der Waals surface area contributed by atoms with Gasteiger partial charge in [0.2, 0.25) is 0 Å². The molecule has 3 nitrogen and oxygen atoms in total. The highest BCUT2D eigenvalue weighted by molar-refractivity contribution is 5.86. The smallest absolute Gasteiger partial charge is 0.174 e. The number of para-hydroxylation sites is 1. The number of halogens is 1. The van der Waals surface area contributed by atoms with Crippen LogP contribution in [0.15, 0.2) is 28.8 Å². The molecule has 0 aliphatic rings. The number of hydrogen-bond donors (Lipinski definition) is 1. The average Bonchev–Trinajstić information content (AvgIpc) is 2.34. The van der Waals surface area contributed by atoms with Gasteiger partial charge in [0.15, 0.2) is 11.4 Å². The minimum absolute atomic E-state index is 0. The number of nitrogens with two attached hydrogens (primary N) is 1. The molecule has 1 heterocycles. The maximum atomic E-state index is 5.47. The Morgan fingerprint density at radius 2 is 2.00 bits per heavy atom. The fourth-order valence-corrected chi connectivity index (χ4v) is 0.905. The molecule has 1 aromatic carbocycles. The van der Waals surface area contributed by atoms with Crippen LogP contribution in [0.5, 0.6) is 0 Å². The van der Waals surface area contributed by atoms with Crippen molar-refractivity contribution in [2.75, 3.05) is 5.73 Å². The van der Waals surface area contributed by atoms with Gasteiger partial charge in [-0.05, 0) is 12.1 Å². The van der Waals surface area contributed by atoms with E-state index >= 15 is 0 Å². The van der Waals surface area contributed by atoms with Crippen LogP contribution in [0.1, 0.15) is 0 Å². The fraction of sp³-hybridized carbons (Fsp3) is 0. The van der Waals surface area contributed by atoms with Gasteiger partial charge in [-0.3, -0.25) is 0 Å². The van der Waals surface area contributed by atoms with Crippen LogP contribution in [-0.4, -0.2) is 5.16 Å². The first-order valence-electron chi connectivity index (χ1n) is 2.98. The summed E-state index contributed by atoms with van der Waals surface area (Å²) in [5, 5.41) is 4.48. The third kappa shape index (κ3) is 1.14. The van der Waals surface area contributed by atoms with Gasteiger partial charge in [0.1, 0.15) is 0 Å². The molecule has 0 amide bonds. The van der Waals surface area contributed by atoms with E-state index in [9.17, 15) is 0 Å². The van der Waals surface area contributed by atoms with Crippen LogP contribution in [-0.2, 0) is 0 Å². The summed E-state index contributed by atoms with van der Waals surface area (Å²) in [7, 11) is 0. The first-order chi connectivity index (χ1) is 4.88. The van der Waals surface area contributed by atoms with Gasteiger partial charge in [-0.25, -0.2) is 0 Å². The van der Waals surface area contributed by atoms with Crippen molar-refractivity contribution in [3.63, 3.8) is 0 Å². The molecule has 11 heavy (non-hydrogen) atoms. The van der Waals surface area contributed by atoms with Crippen LogP contribution in [0.2, 0.25) is 0 Å². The van der Waals surface area contributed by atoms with E-state index in [1.165, 1.54) is 0 Å². The molecule has 2 rings (SSSR count). The van der Waals surface area contributed by atoms with Crippen molar-refractivity contribution in [3.8, 4) is 0 Å². The number of nitrogens with zero attached hydrogens (tertiary/aromatic N) is 1. The zero-order chi connectivity index (χ0) is 6.97. The number of nitrogen functional groups attached to an aromatic ring is 1. The molecular weight excluding hydrogens is 164 g/mol. The molecule has 1 aromatic heterocycles. The van der Waals surface area contributed by atoms with Gasteiger partial charge in [0, 0.05) is 0 Å². The lowest BCUT2D eigenvalue weighted by Crippen LogP contribution is -1.82. The van der Waals surface area contributed by atoms with Gasteiger partial charge in [0.05, 0.1) is 5.39 Å². The third-order valence-electron chi connectivity index (χ3n) is 1.41. The van der Waals surface area contributed by atoms with Gasteiger partial charge < -0.3 is 10.3 Å². The lowest BCUT2D eigenvalue weighted by atomic mass is 10.2. The molecule has 4 heteroatoms. The molecule has 58 valence electrons. The average molecular weight is 171 g/mol. The highest BCUT2D eigenvalue weighted by Crippen LogP contribution is 2.18. The molecule has 0 bridgehead atoms. The Bertz CT molecular complexity index is 358. The highest BCUT2D eigenvalue weighted by Gasteiger charge is 2.00. The molecule has 0 unspecified atom stereocenters. The van der Waals surface area contributed by atoms with Crippen LogP contribution in [0.3, 0.4) is 0 Å². The molecule has 2 N–H and O–H groups in total. The van der Waals surface area contributed by atoms with Gasteiger partial charge >= 0.3 is 0 Å². The number of benzene rings is 1. The zero-order valence-corrected chi connectivity index (χ0v) is 6.47. The Balaban J connectivity index is 0.000000605. The maximum absolute atomic E-state index is 5.47. The van der Waals surface area contributed by atoms with E-state index in [1.54, 1.807) is 0 Å². The standard InChI is InChI=1S/C7H6N2O.ClH/c8-7-5-3-1-2-4-6(5)10-9-7;/h1-4H,(H2,8,9);1H. The van der Waals surface area contributed by atoms with Crippen LogP contribution >= 0.6 is 12.4 Å². The number of hydrogen-bond acceptors (Lipinski definition) is 3. The largest absolute Gasteiger partial charge is 0.380 e. The molecule has 0 aliphatic heterocycles. The van der Waals surface area contributed by atoms with Crippen molar-refractivity contribution in [1.29, 1.82) is 0 Å². The second-order valence-electron chi connectivity index (χ2n) is 2.06. The van der Waals surface area contributed by atoms with Gasteiger partial charge in [0.25, 0.3) is 0 Å². The Labute approximate surface area is 69.6 Å². The lowest BCUT2D eigenvalue weighted by Gasteiger charge is -1.82. The highest BCUT2D eigenvalue weighted by atomic mass is 35.5. The molecular formula is C7H7ClN2O. The first kappa shape index (κ1) is 7.88. The molecule has 0 saturated carbocycles. The topological polar surface area (TPSA) is 52.0 Å². The molecule has 0 spiro atoms. The Morgan fingerprint density at radius 3 is 2.73 bits per heavy atom. The van der Waals surface area contributed by atoms with E-state index in [2.05, 4.69) is 5.16 Å². The predicted molar refractivity (Wildman–Crippen MR) is 45.7 cm³/mol. The van der Waals surface area contributed by atoms with Gasteiger partial charge in [-0.2, -0.15) is 0 Å². The van der Waals surface area contributed by atoms with Crippen molar-refractivity contribution in [1.82, 2.24) is 5.16 Å². The fourth-order valence-electron chi connectivity index (χ4n) is 0.905. The summed E-state index contributed by atoms with van der Waals surface area (Å²) in [5.41, 5.74) is 6.21. The minimum Gasteiger partial charge on any atom is -0.380 e. The van der Waals surface area contributed by atoms with Crippen LogP contribution in [0, 0.1) is 0 Å². The summed E-state index contributed by atoms with van der Waals surface area (Å²) in [4.78, 5) is 0. The zero-order valence-electron chi connectivity index (χ0n) is 5.65. The van der Waals surface area contributed by atoms with E-state index in [-0.39, 0.29) is 12.4 Å². The molecule has 0 atom stereocenters. The normalized spacial score (nSPS) is 9.45. The van der Waals surface area contributed by atoms with Crippen LogP contribution in [0.25, 0.3) is 11.0 Å². The van der Waals surface area contributed by atoms with Crippen molar-refractivity contribution >= 4 is 29.2 Å². The molecule has 0 saturated heterocycles. The second-order valence-corrected chi connectivity index (χ2v) is 2.06. The summed E-state index contributed by atoms with van der Waals surface area (Å²) in [6, 6.07) is 7.49. The Kier molecular flexibility index (Phi) is 2.01. The summed E-state index contributed by atoms with van der Waals surface area (Å²) >= 11 is 0.